The van der Waals surface area contributed by atoms with Crippen LogP contribution in [0.4, 0.5) is 4.39 Å². The largest absolute Gasteiger partial charge is 0.318 e. The Labute approximate surface area is 85.4 Å². The van der Waals surface area contributed by atoms with E-state index in [1.54, 1.807) is 0 Å². The highest BCUT2D eigenvalue weighted by atomic mass is 32.2. The summed E-state index contributed by atoms with van der Waals surface area (Å²) in [5.41, 5.74) is 0.156. The first kappa shape index (κ1) is 11.8. The van der Waals surface area contributed by atoms with Gasteiger partial charge in [0.15, 0.2) is 0 Å². The molecule has 0 bridgehead atoms. The number of amides is 2. The number of imide groups is 1. The number of hydrogen-bond donors (Lipinski definition) is 0. The Hall–Kier alpha value is -1.28. The molecule has 0 aromatic rings. The number of nitrogens with zero attached hydrogens (tertiary/aromatic N) is 1. The van der Waals surface area contributed by atoms with E-state index in [-0.39, 0.29) is 16.2 Å². The minimum atomic E-state index is -4.52. The molecule has 84 valence electrons. The molecule has 0 aromatic carbocycles. The molecule has 1 rings (SSSR count). The number of carbonyl (C=O) groups is 2. The highest BCUT2D eigenvalue weighted by Crippen LogP contribution is 2.21. The summed E-state index contributed by atoms with van der Waals surface area (Å²) in [6.07, 6.45) is 0. The van der Waals surface area contributed by atoms with Crippen LogP contribution in [-0.2, 0) is 24.0 Å². The van der Waals surface area contributed by atoms with Crippen LogP contribution >= 0.6 is 0 Å². The van der Waals surface area contributed by atoms with Crippen molar-refractivity contribution >= 4 is 21.9 Å². The van der Waals surface area contributed by atoms with Crippen molar-refractivity contribution in [2.75, 3.05) is 6.01 Å². The number of hydroxylamine groups is 2. The minimum absolute atomic E-state index is 0.0413. The number of alkyl halides is 1. The molecule has 2 amide bonds. The molecule has 1 heterocycles. The Kier molecular flexibility index (Phi) is 2.91. The second kappa shape index (κ2) is 3.70. The van der Waals surface area contributed by atoms with Crippen LogP contribution in [0.5, 0.6) is 0 Å². The number of carbonyl (C=O) groups excluding carboxylic acids is 2. The zero-order valence-electron chi connectivity index (χ0n) is 7.98. The average molecular weight is 237 g/mol. The molecule has 0 saturated carbocycles. The highest BCUT2D eigenvalue weighted by Gasteiger charge is 2.37. The van der Waals surface area contributed by atoms with Crippen LogP contribution in [0, 0.1) is 0 Å². The van der Waals surface area contributed by atoms with Crippen LogP contribution in [0.25, 0.3) is 0 Å². The first-order valence-corrected chi connectivity index (χ1v) is 5.42. The lowest BCUT2D eigenvalue weighted by Gasteiger charge is -2.11. The lowest BCUT2D eigenvalue weighted by Crippen LogP contribution is -2.34. The van der Waals surface area contributed by atoms with Gasteiger partial charge in [0.05, 0.1) is 0 Å². The summed E-state index contributed by atoms with van der Waals surface area (Å²) in [5.74, 6) is -1.79. The van der Waals surface area contributed by atoms with Gasteiger partial charge in [0, 0.05) is 11.1 Å². The summed E-state index contributed by atoms with van der Waals surface area (Å²) in [6.45, 7) is 2.70. The first-order chi connectivity index (χ1) is 6.80. The van der Waals surface area contributed by atoms with E-state index in [4.69, 9.17) is 0 Å². The van der Waals surface area contributed by atoms with E-state index in [0.29, 0.717) is 0 Å². The van der Waals surface area contributed by atoms with E-state index >= 15 is 0 Å². The van der Waals surface area contributed by atoms with Gasteiger partial charge in [-0.25, -0.2) is 4.39 Å². The molecule has 8 heteroatoms. The predicted octanol–water partition coefficient (Wildman–Crippen LogP) is -0.120. The quantitative estimate of drug-likeness (QED) is 0.639. The van der Waals surface area contributed by atoms with Crippen molar-refractivity contribution in [2.24, 2.45) is 0 Å². The number of hydrogen-bond acceptors (Lipinski definition) is 5. The van der Waals surface area contributed by atoms with Crippen molar-refractivity contribution in [3.63, 3.8) is 0 Å². The minimum Gasteiger partial charge on any atom is -0.267 e. The second-order valence-corrected chi connectivity index (χ2v) is 4.38. The number of rotatable bonds is 3. The van der Waals surface area contributed by atoms with Gasteiger partial charge in [-0.05, 0) is 13.8 Å². The Morgan fingerprint density at radius 1 is 1.20 bits per heavy atom. The molecule has 1 aliphatic heterocycles. The molecule has 0 radical (unpaired) electrons. The molecule has 0 saturated heterocycles. The van der Waals surface area contributed by atoms with Crippen LogP contribution < -0.4 is 0 Å². The molecule has 0 atom stereocenters. The fraction of sp³-hybridized carbons (Fsp3) is 0.429. The lowest BCUT2D eigenvalue weighted by molar-refractivity contribution is -0.162. The van der Waals surface area contributed by atoms with Gasteiger partial charge in [0.1, 0.15) is 0 Å². The zero-order chi connectivity index (χ0) is 11.8. The standard InChI is InChI=1S/C7H8FNO5S/c1-4-5(2)7(11)9(6(4)10)14-15(12,13)3-8/h3H2,1-2H3. The Bertz CT molecular complexity index is 428. The topological polar surface area (TPSA) is 80.8 Å². The monoisotopic (exact) mass is 237 g/mol. The molecule has 6 nitrogen and oxygen atoms in total. The number of halogens is 1. The van der Waals surface area contributed by atoms with Crippen molar-refractivity contribution in [3.8, 4) is 0 Å². The van der Waals surface area contributed by atoms with Crippen molar-refractivity contribution in [2.45, 2.75) is 13.8 Å². The van der Waals surface area contributed by atoms with Crippen LogP contribution in [0.1, 0.15) is 13.8 Å². The SMILES string of the molecule is CC1=C(C)C(=O)N(OS(=O)(=O)CF)C1=O. The van der Waals surface area contributed by atoms with Gasteiger partial charge in [0.2, 0.25) is 6.01 Å². The average Bonchev–Trinajstić information content (AvgIpc) is 2.36. The maximum Gasteiger partial charge on any atom is 0.318 e. The maximum atomic E-state index is 11.9. The smallest absolute Gasteiger partial charge is 0.267 e. The van der Waals surface area contributed by atoms with Gasteiger partial charge < -0.3 is 0 Å². The van der Waals surface area contributed by atoms with Crippen LogP contribution in [0.3, 0.4) is 0 Å². The molecular formula is C7H8FNO5S. The van der Waals surface area contributed by atoms with Crippen LogP contribution in [0.15, 0.2) is 11.1 Å². The molecular weight excluding hydrogens is 229 g/mol. The van der Waals surface area contributed by atoms with Gasteiger partial charge in [0.25, 0.3) is 11.8 Å². The van der Waals surface area contributed by atoms with Gasteiger partial charge in [-0.3, -0.25) is 9.59 Å². The zero-order valence-corrected chi connectivity index (χ0v) is 8.80. The van der Waals surface area contributed by atoms with Crippen LogP contribution in [-0.4, -0.2) is 31.3 Å². The van der Waals surface area contributed by atoms with Gasteiger partial charge in [-0.15, -0.1) is 9.35 Å². The summed E-state index contributed by atoms with van der Waals surface area (Å²) in [6, 6.07) is -1.80. The van der Waals surface area contributed by atoms with E-state index < -0.39 is 27.9 Å². The summed E-state index contributed by atoms with van der Waals surface area (Å²) in [4.78, 5) is 22.5. The summed E-state index contributed by atoms with van der Waals surface area (Å²) < 4.78 is 37.3. The van der Waals surface area contributed by atoms with E-state index in [0.717, 1.165) is 0 Å². The maximum absolute atomic E-state index is 11.9. The first-order valence-electron chi connectivity index (χ1n) is 3.84. The third-order valence-corrected chi connectivity index (χ3v) is 2.54. The van der Waals surface area contributed by atoms with Crippen molar-refractivity contribution < 1.29 is 26.7 Å². The fourth-order valence-electron chi connectivity index (χ4n) is 0.919. The van der Waals surface area contributed by atoms with Crippen molar-refractivity contribution in [1.82, 2.24) is 5.06 Å². The van der Waals surface area contributed by atoms with Gasteiger partial charge >= 0.3 is 10.1 Å². The third-order valence-electron chi connectivity index (χ3n) is 1.89. The molecule has 0 fully saturated rings. The normalized spacial score (nSPS) is 17.9. The molecule has 0 aliphatic carbocycles. The van der Waals surface area contributed by atoms with E-state index in [1.165, 1.54) is 13.8 Å². The Morgan fingerprint density at radius 2 is 1.60 bits per heavy atom. The van der Waals surface area contributed by atoms with E-state index in [2.05, 4.69) is 4.28 Å². The summed E-state index contributed by atoms with van der Waals surface area (Å²) >= 11 is 0. The Balaban J connectivity index is 2.95. The van der Waals surface area contributed by atoms with Crippen molar-refractivity contribution in [3.05, 3.63) is 11.1 Å². The highest BCUT2D eigenvalue weighted by molar-refractivity contribution is 7.86. The van der Waals surface area contributed by atoms with Gasteiger partial charge in [-0.1, -0.05) is 0 Å². The molecule has 0 N–H and O–H groups in total. The van der Waals surface area contributed by atoms with E-state index in [1.807, 2.05) is 0 Å². The summed E-state index contributed by atoms with van der Waals surface area (Å²) in [7, 11) is -4.52. The molecule has 1 aliphatic rings. The molecule has 0 aromatic heterocycles. The Morgan fingerprint density at radius 3 is 1.93 bits per heavy atom. The lowest BCUT2D eigenvalue weighted by atomic mass is 10.2. The molecule has 0 spiro atoms. The fourth-order valence-corrected chi connectivity index (χ4v) is 1.32. The predicted molar refractivity (Wildman–Crippen MR) is 46.2 cm³/mol. The summed E-state index contributed by atoms with van der Waals surface area (Å²) in [5, 5.41) is 0.0413. The third kappa shape index (κ3) is 2.05. The second-order valence-electron chi connectivity index (χ2n) is 2.90. The van der Waals surface area contributed by atoms with Gasteiger partial charge in [-0.2, -0.15) is 8.42 Å². The van der Waals surface area contributed by atoms with Crippen LogP contribution in [0.2, 0.25) is 0 Å². The molecule has 15 heavy (non-hydrogen) atoms. The van der Waals surface area contributed by atoms with Crippen molar-refractivity contribution in [1.29, 1.82) is 0 Å². The van der Waals surface area contributed by atoms with E-state index in [9.17, 15) is 22.4 Å². The molecule has 0 unspecified atom stereocenters.